The number of carbonyl (C=O) groups excluding carboxylic acids is 3. The number of aryl methyl sites for hydroxylation is 1. The summed E-state index contributed by atoms with van der Waals surface area (Å²) in [7, 11) is 0. The van der Waals surface area contributed by atoms with Crippen molar-refractivity contribution in [2.75, 3.05) is 6.61 Å². The van der Waals surface area contributed by atoms with Gasteiger partial charge in [-0.2, -0.15) is 0 Å². The molecule has 0 aromatic heterocycles. The van der Waals surface area contributed by atoms with Crippen LogP contribution in [0.15, 0.2) is 24.3 Å². The van der Waals surface area contributed by atoms with Gasteiger partial charge in [-0.3, -0.25) is 4.79 Å². The fourth-order valence-electron chi connectivity index (χ4n) is 2.23. The molecule has 0 unspecified atom stereocenters. The van der Waals surface area contributed by atoms with Crippen LogP contribution in [0.4, 0.5) is 0 Å². The molecule has 1 heterocycles. The van der Waals surface area contributed by atoms with Gasteiger partial charge in [-0.15, -0.1) is 0 Å². The Morgan fingerprint density at radius 3 is 2.43 bits per heavy atom. The molecule has 0 aliphatic carbocycles. The molecular weight excluding hydrogens is 298 g/mol. The van der Waals surface area contributed by atoms with E-state index in [1.807, 2.05) is 19.1 Å². The van der Waals surface area contributed by atoms with Crippen LogP contribution < -0.4 is 5.32 Å². The molecule has 1 aliphatic rings. The predicted octanol–water partition coefficient (Wildman–Crippen LogP) is 1.61. The maximum atomic E-state index is 12.3. The summed E-state index contributed by atoms with van der Waals surface area (Å²) in [4.78, 5) is 35.9. The van der Waals surface area contributed by atoms with E-state index in [4.69, 9.17) is 9.47 Å². The second kappa shape index (κ2) is 7.26. The summed E-state index contributed by atoms with van der Waals surface area (Å²) in [6, 6.07) is 6.22. The summed E-state index contributed by atoms with van der Waals surface area (Å²) in [5, 5.41) is 2.68. The van der Waals surface area contributed by atoms with E-state index >= 15 is 0 Å². The SMILES string of the molecule is Cc1ccc(C(=O)N[C@@H](C(=O)O[C@H]2CCOC2=O)C(C)C)cc1. The molecule has 23 heavy (non-hydrogen) atoms. The Morgan fingerprint density at radius 2 is 1.91 bits per heavy atom. The third kappa shape index (κ3) is 4.31. The molecule has 124 valence electrons. The number of benzene rings is 1. The van der Waals surface area contributed by atoms with Gasteiger partial charge in [0.05, 0.1) is 6.61 Å². The number of cyclic esters (lactones) is 1. The summed E-state index contributed by atoms with van der Waals surface area (Å²) < 4.78 is 9.94. The van der Waals surface area contributed by atoms with Gasteiger partial charge in [-0.1, -0.05) is 31.5 Å². The van der Waals surface area contributed by atoms with E-state index in [1.54, 1.807) is 26.0 Å². The quantitative estimate of drug-likeness (QED) is 0.834. The second-order valence-electron chi connectivity index (χ2n) is 5.94. The number of esters is 2. The van der Waals surface area contributed by atoms with Crippen molar-refractivity contribution in [2.45, 2.75) is 39.3 Å². The molecule has 0 radical (unpaired) electrons. The molecule has 0 saturated carbocycles. The fourth-order valence-corrected chi connectivity index (χ4v) is 2.23. The fraction of sp³-hybridized carbons (Fsp3) is 0.471. The number of rotatable bonds is 5. The molecule has 1 fully saturated rings. The van der Waals surface area contributed by atoms with Crippen LogP contribution in [0.25, 0.3) is 0 Å². The number of hydrogen-bond acceptors (Lipinski definition) is 5. The standard InChI is InChI=1S/C17H21NO5/c1-10(2)14(17(21)23-13-8-9-22-16(13)20)18-15(19)12-6-4-11(3)5-7-12/h4-7,10,13-14H,8-9H2,1-3H3,(H,18,19)/t13-,14+/m0/s1. The third-order valence-electron chi connectivity index (χ3n) is 3.67. The lowest BCUT2D eigenvalue weighted by Crippen LogP contribution is -2.46. The third-order valence-corrected chi connectivity index (χ3v) is 3.67. The first kappa shape index (κ1) is 17.0. The summed E-state index contributed by atoms with van der Waals surface area (Å²) in [5.74, 6) is -1.68. The average Bonchev–Trinajstić information content (AvgIpc) is 2.90. The van der Waals surface area contributed by atoms with Crippen LogP contribution in [-0.2, 0) is 19.1 Å². The van der Waals surface area contributed by atoms with Crippen molar-refractivity contribution in [1.82, 2.24) is 5.32 Å². The van der Waals surface area contributed by atoms with Crippen molar-refractivity contribution >= 4 is 17.8 Å². The van der Waals surface area contributed by atoms with Gasteiger partial charge in [-0.25, -0.2) is 9.59 Å². The number of ether oxygens (including phenoxy) is 2. The normalized spacial score (nSPS) is 18.4. The van der Waals surface area contributed by atoms with Crippen molar-refractivity contribution in [2.24, 2.45) is 5.92 Å². The van der Waals surface area contributed by atoms with E-state index in [0.717, 1.165) is 5.56 Å². The van der Waals surface area contributed by atoms with E-state index < -0.39 is 24.1 Å². The molecule has 1 saturated heterocycles. The highest BCUT2D eigenvalue weighted by Crippen LogP contribution is 2.14. The lowest BCUT2D eigenvalue weighted by Gasteiger charge is -2.22. The molecule has 6 nitrogen and oxygen atoms in total. The lowest BCUT2D eigenvalue weighted by atomic mass is 10.0. The van der Waals surface area contributed by atoms with Gasteiger partial charge in [0.25, 0.3) is 5.91 Å². The first-order valence-electron chi connectivity index (χ1n) is 7.63. The first-order chi connectivity index (χ1) is 10.9. The Morgan fingerprint density at radius 1 is 1.26 bits per heavy atom. The molecule has 1 amide bonds. The van der Waals surface area contributed by atoms with Gasteiger partial charge >= 0.3 is 11.9 Å². The number of hydrogen-bond donors (Lipinski definition) is 1. The molecule has 1 N–H and O–H groups in total. The van der Waals surface area contributed by atoms with Crippen LogP contribution in [0.5, 0.6) is 0 Å². The van der Waals surface area contributed by atoms with Crippen LogP contribution in [0.2, 0.25) is 0 Å². The van der Waals surface area contributed by atoms with E-state index in [9.17, 15) is 14.4 Å². The zero-order valence-corrected chi connectivity index (χ0v) is 13.5. The minimum Gasteiger partial charge on any atom is -0.463 e. The lowest BCUT2D eigenvalue weighted by molar-refractivity contribution is -0.162. The van der Waals surface area contributed by atoms with Crippen molar-refractivity contribution < 1.29 is 23.9 Å². The smallest absolute Gasteiger partial charge is 0.347 e. The highest BCUT2D eigenvalue weighted by atomic mass is 16.6. The van der Waals surface area contributed by atoms with Gasteiger partial charge in [0, 0.05) is 12.0 Å². The zero-order chi connectivity index (χ0) is 17.0. The van der Waals surface area contributed by atoms with E-state index in [1.165, 1.54) is 0 Å². The first-order valence-corrected chi connectivity index (χ1v) is 7.63. The Balaban J connectivity index is 2.02. The van der Waals surface area contributed by atoms with Crippen molar-refractivity contribution in [3.63, 3.8) is 0 Å². The largest absolute Gasteiger partial charge is 0.463 e. The number of carbonyl (C=O) groups is 3. The maximum absolute atomic E-state index is 12.3. The van der Waals surface area contributed by atoms with Crippen LogP contribution in [-0.4, -0.2) is 36.6 Å². The summed E-state index contributed by atoms with van der Waals surface area (Å²) in [6.45, 7) is 5.78. The number of amides is 1. The summed E-state index contributed by atoms with van der Waals surface area (Å²) in [6.07, 6.45) is -0.526. The van der Waals surface area contributed by atoms with E-state index in [0.29, 0.717) is 12.0 Å². The Bertz CT molecular complexity index is 594. The molecular formula is C17H21NO5. The minimum absolute atomic E-state index is 0.172. The molecule has 1 aromatic carbocycles. The molecule has 0 spiro atoms. The Labute approximate surface area is 135 Å². The second-order valence-corrected chi connectivity index (χ2v) is 5.94. The molecule has 2 rings (SSSR count). The van der Waals surface area contributed by atoms with Crippen molar-refractivity contribution in [3.05, 3.63) is 35.4 Å². The van der Waals surface area contributed by atoms with E-state index in [-0.39, 0.29) is 18.4 Å². The topological polar surface area (TPSA) is 81.7 Å². The zero-order valence-electron chi connectivity index (χ0n) is 13.5. The minimum atomic E-state index is -0.875. The monoisotopic (exact) mass is 319 g/mol. The maximum Gasteiger partial charge on any atom is 0.347 e. The van der Waals surface area contributed by atoms with E-state index in [2.05, 4.69) is 5.32 Å². The number of nitrogens with one attached hydrogen (secondary N) is 1. The van der Waals surface area contributed by atoms with Crippen LogP contribution in [0.3, 0.4) is 0 Å². The van der Waals surface area contributed by atoms with Crippen molar-refractivity contribution in [1.29, 1.82) is 0 Å². The predicted molar refractivity (Wildman–Crippen MR) is 82.7 cm³/mol. The van der Waals surface area contributed by atoms with Crippen LogP contribution in [0.1, 0.15) is 36.2 Å². The van der Waals surface area contributed by atoms with Gasteiger partial charge in [-0.05, 0) is 25.0 Å². The Kier molecular flexibility index (Phi) is 5.36. The molecule has 6 heteroatoms. The summed E-state index contributed by atoms with van der Waals surface area (Å²) in [5.41, 5.74) is 1.51. The van der Waals surface area contributed by atoms with Crippen molar-refractivity contribution in [3.8, 4) is 0 Å². The average molecular weight is 319 g/mol. The van der Waals surface area contributed by atoms with Gasteiger partial charge in [0.2, 0.25) is 6.10 Å². The van der Waals surface area contributed by atoms with Gasteiger partial charge < -0.3 is 14.8 Å². The molecule has 1 aromatic rings. The van der Waals surface area contributed by atoms with Gasteiger partial charge in [0.15, 0.2) is 0 Å². The highest BCUT2D eigenvalue weighted by Gasteiger charge is 2.34. The summed E-state index contributed by atoms with van der Waals surface area (Å²) >= 11 is 0. The van der Waals surface area contributed by atoms with Crippen LogP contribution >= 0.6 is 0 Å². The van der Waals surface area contributed by atoms with Gasteiger partial charge in [0.1, 0.15) is 6.04 Å². The molecule has 1 aliphatic heterocycles. The van der Waals surface area contributed by atoms with Crippen LogP contribution in [0, 0.1) is 12.8 Å². The Hall–Kier alpha value is -2.37. The molecule has 0 bridgehead atoms. The highest BCUT2D eigenvalue weighted by molar-refractivity contribution is 5.97. The molecule has 2 atom stereocenters.